The normalized spacial score (nSPS) is 14.0. The highest BCUT2D eigenvalue weighted by molar-refractivity contribution is 5.93. The minimum Gasteiger partial charge on any atom is -0.482 e. The molecule has 0 saturated carbocycles. The van der Waals surface area contributed by atoms with E-state index in [2.05, 4.69) is 5.32 Å². The largest absolute Gasteiger partial charge is 0.482 e. The molecule has 0 radical (unpaired) electrons. The Balaban J connectivity index is 1.88. The lowest BCUT2D eigenvalue weighted by molar-refractivity contribution is -0.145. The number of carbonyl (C=O) groups excluding carboxylic acids is 2. The van der Waals surface area contributed by atoms with Crippen molar-refractivity contribution in [1.29, 1.82) is 0 Å². The van der Waals surface area contributed by atoms with Crippen LogP contribution in [0.15, 0.2) is 36.4 Å². The van der Waals surface area contributed by atoms with Crippen molar-refractivity contribution in [3.05, 3.63) is 36.4 Å². The van der Waals surface area contributed by atoms with Crippen molar-refractivity contribution in [2.75, 3.05) is 18.5 Å². The second-order valence-electron chi connectivity index (χ2n) is 4.75. The maximum Gasteiger partial charge on any atom is 0.344 e. The van der Waals surface area contributed by atoms with Gasteiger partial charge in [0.05, 0.1) is 6.61 Å². The van der Waals surface area contributed by atoms with E-state index >= 15 is 0 Å². The fraction of sp³-hybridized carbons (Fsp3) is 0.375. The Kier molecular flexibility index (Phi) is 5.37. The van der Waals surface area contributed by atoms with Crippen LogP contribution in [0, 0.1) is 5.92 Å². The molecular weight excluding hydrogens is 270 g/mol. The predicted octanol–water partition coefficient (Wildman–Crippen LogP) is 2.53. The summed E-state index contributed by atoms with van der Waals surface area (Å²) < 4.78 is 10.1. The summed E-state index contributed by atoms with van der Waals surface area (Å²) in [5.41, 5.74) is 0.660. The smallest absolute Gasteiger partial charge is 0.344 e. The van der Waals surface area contributed by atoms with Crippen molar-refractivity contribution in [1.82, 2.24) is 0 Å². The van der Waals surface area contributed by atoms with E-state index in [-0.39, 0.29) is 18.4 Å². The second-order valence-corrected chi connectivity index (χ2v) is 4.75. The van der Waals surface area contributed by atoms with Gasteiger partial charge in [0.1, 0.15) is 5.75 Å². The summed E-state index contributed by atoms with van der Waals surface area (Å²) >= 11 is 0. The summed E-state index contributed by atoms with van der Waals surface area (Å²) in [6.45, 7) is 1.93. The first-order valence-corrected chi connectivity index (χ1v) is 7.03. The molecule has 0 saturated heterocycles. The van der Waals surface area contributed by atoms with E-state index in [9.17, 15) is 9.59 Å². The third kappa shape index (κ3) is 4.63. The van der Waals surface area contributed by atoms with Gasteiger partial charge in [-0.2, -0.15) is 0 Å². The number of ether oxygens (including phenoxy) is 2. The van der Waals surface area contributed by atoms with Crippen LogP contribution in [-0.2, 0) is 14.3 Å². The maximum atomic E-state index is 12.0. The van der Waals surface area contributed by atoms with Crippen LogP contribution in [0.1, 0.15) is 19.8 Å². The molecule has 1 aromatic rings. The number of benzene rings is 1. The van der Waals surface area contributed by atoms with Gasteiger partial charge in [-0.15, -0.1) is 0 Å². The molecule has 0 unspecified atom stereocenters. The first-order valence-electron chi connectivity index (χ1n) is 7.03. The average molecular weight is 289 g/mol. The van der Waals surface area contributed by atoms with Crippen LogP contribution in [0.5, 0.6) is 5.75 Å². The zero-order valence-electron chi connectivity index (χ0n) is 12.0. The Bertz CT molecular complexity index is 531. The van der Waals surface area contributed by atoms with E-state index in [0.717, 1.165) is 12.8 Å². The summed E-state index contributed by atoms with van der Waals surface area (Å²) in [6, 6.07) is 6.98. The third-order valence-corrected chi connectivity index (χ3v) is 3.14. The summed E-state index contributed by atoms with van der Waals surface area (Å²) in [5.74, 6) is 0.117. The lowest BCUT2D eigenvalue weighted by Gasteiger charge is -2.12. The van der Waals surface area contributed by atoms with E-state index in [1.54, 1.807) is 31.2 Å². The number of allylic oxidation sites excluding steroid dienone is 2. The molecule has 5 nitrogen and oxygen atoms in total. The number of hydrogen-bond donors (Lipinski definition) is 1. The molecular formula is C16H19NO4. The molecule has 1 amide bonds. The zero-order valence-corrected chi connectivity index (χ0v) is 12.0. The molecule has 0 fully saturated rings. The van der Waals surface area contributed by atoms with Crippen molar-refractivity contribution < 1.29 is 19.1 Å². The van der Waals surface area contributed by atoms with Crippen LogP contribution >= 0.6 is 0 Å². The summed E-state index contributed by atoms with van der Waals surface area (Å²) in [4.78, 5) is 23.2. The van der Waals surface area contributed by atoms with Gasteiger partial charge in [0.25, 0.3) is 0 Å². The van der Waals surface area contributed by atoms with Crippen LogP contribution in [0.25, 0.3) is 0 Å². The fourth-order valence-corrected chi connectivity index (χ4v) is 2.08. The van der Waals surface area contributed by atoms with Crippen LogP contribution in [-0.4, -0.2) is 25.1 Å². The zero-order chi connectivity index (χ0) is 15.1. The monoisotopic (exact) mass is 289 g/mol. The van der Waals surface area contributed by atoms with Gasteiger partial charge in [-0.25, -0.2) is 4.79 Å². The molecule has 0 heterocycles. The van der Waals surface area contributed by atoms with E-state index in [1.165, 1.54) is 0 Å². The number of carbonyl (C=O) groups is 2. The summed E-state index contributed by atoms with van der Waals surface area (Å²) in [5, 5.41) is 2.86. The van der Waals surface area contributed by atoms with Gasteiger partial charge >= 0.3 is 5.97 Å². The molecule has 1 aliphatic carbocycles. The Morgan fingerprint density at radius 1 is 1.29 bits per heavy atom. The highest BCUT2D eigenvalue weighted by atomic mass is 16.6. The first-order chi connectivity index (χ1) is 10.2. The van der Waals surface area contributed by atoms with Gasteiger partial charge < -0.3 is 14.8 Å². The topological polar surface area (TPSA) is 64.6 Å². The first kappa shape index (κ1) is 15.1. The maximum absolute atomic E-state index is 12.0. The highest BCUT2D eigenvalue weighted by Crippen LogP contribution is 2.22. The van der Waals surface area contributed by atoms with Crippen LogP contribution in [0.4, 0.5) is 5.69 Å². The van der Waals surface area contributed by atoms with Crippen LogP contribution in [0.2, 0.25) is 0 Å². The predicted molar refractivity (Wildman–Crippen MR) is 79.1 cm³/mol. The van der Waals surface area contributed by atoms with Crippen LogP contribution in [0.3, 0.4) is 0 Å². The minimum atomic E-state index is -0.413. The molecule has 1 N–H and O–H groups in total. The number of anilines is 1. The van der Waals surface area contributed by atoms with Gasteiger partial charge in [-0.05, 0) is 31.9 Å². The van der Waals surface area contributed by atoms with Crippen LogP contribution < -0.4 is 10.1 Å². The Morgan fingerprint density at radius 3 is 2.76 bits per heavy atom. The molecule has 0 bridgehead atoms. The molecule has 1 aromatic carbocycles. The summed E-state index contributed by atoms with van der Waals surface area (Å²) in [7, 11) is 0. The average Bonchev–Trinajstić information content (AvgIpc) is 3.00. The molecule has 5 heteroatoms. The lowest BCUT2D eigenvalue weighted by Crippen LogP contribution is -2.20. The van der Waals surface area contributed by atoms with Crippen molar-refractivity contribution in [3.63, 3.8) is 0 Å². The number of nitrogens with one attached hydrogen (secondary N) is 1. The summed E-state index contributed by atoms with van der Waals surface area (Å²) in [6.07, 6.45) is 5.60. The van der Waals surface area contributed by atoms with Gasteiger partial charge in [0.2, 0.25) is 5.91 Å². The van der Waals surface area contributed by atoms with E-state index in [4.69, 9.17) is 9.47 Å². The van der Waals surface area contributed by atoms with Gasteiger partial charge in [-0.3, -0.25) is 4.79 Å². The fourth-order valence-electron chi connectivity index (χ4n) is 2.08. The number of amides is 1. The molecule has 1 aliphatic rings. The minimum absolute atomic E-state index is 0.00235. The quantitative estimate of drug-likeness (QED) is 0.645. The molecule has 0 aliphatic heterocycles. The molecule has 0 spiro atoms. The van der Waals surface area contributed by atoms with Crippen molar-refractivity contribution in [2.45, 2.75) is 19.8 Å². The van der Waals surface area contributed by atoms with Crippen molar-refractivity contribution in [3.8, 4) is 5.75 Å². The van der Waals surface area contributed by atoms with Crippen molar-refractivity contribution >= 4 is 17.6 Å². The standard InChI is InChI=1S/C16H19NO4/c1-2-20-15(18)11-21-14-9-5-8-13(10-14)17-16(19)12-6-3-4-7-12/h3-5,8-10,12H,2,6-7,11H2,1H3,(H,17,19). The Morgan fingerprint density at radius 2 is 2.05 bits per heavy atom. The molecule has 0 aromatic heterocycles. The van der Waals surface area contributed by atoms with E-state index in [1.807, 2.05) is 12.2 Å². The number of esters is 1. The number of rotatable bonds is 6. The number of hydrogen-bond acceptors (Lipinski definition) is 4. The molecule has 2 rings (SSSR count). The van der Waals surface area contributed by atoms with Gasteiger partial charge in [-0.1, -0.05) is 18.2 Å². The van der Waals surface area contributed by atoms with E-state index in [0.29, 0.717) is 18.0 Å². The second kappa shape index (κ2) is 7.47. The Labute approximate surface area is 123 Å². The Hall–Kier alpha value is -2.30. The lowest BCUT2D eigenvalue weighted by atomic mass is 10.1. The van der Waals surface area contributed by atoms with Gasteiger partial charge in [0.15, 0.2) is 6.61 Å². The third-order valence-electron chi connectivity index (χ3n) is 3.14. The molecule has 21 heavy (non-hydrogen) atoms. The van der Waals surface area contributed by atoms with Crippen molar-refractivity contribution in [2.24, 2.45) is 5.92 Å². The van der Waals surface area contributed by atoms with Gasteiger partial charge in [0, 0.05) is 17.7 Å². The molecule has 112 valence electrons. The SMILES string of the molecule is CCOC(=O)COc1cccc(NC(=O)C2CC=CC2)c1. The molecule has 0 atom stereocenters. The van der Waals surface area contributed by atoms with E-state index < -0.39 is 5.97 Å². The highest BCUT2D eigenvalue weighted by Gasteiger charge is 2.19.